The zero-order valence-electron chi connectivity index (χ0n) is 14.2. The summed E-state index contributed by atoms with van der Waals surface area (Å²) in [6.45, 7) is 2.38. The molecule has 8 heteroatoms. The SMILES string of the molecule is CCOc1ccc2nc(NC(=O)COc3ccc(Cl)c(OC)c3)sc2c1. The number of nitrogens with one attached hydrogen (secondary N) is 1. The average molecular weight is 393 g/mol. The number of rotatable bonds is 7. The summed E-state index contributed by atoms with van der Waals surface area (Å²) in [6.07, 6.45) is 0. The van der Waals surface area contributed by atoms with Gasteiger partial charge in [0.2, 0.25) is 0 Å². The minimum absolute atomic E-state index is 0.148. The lowest BCUT2D eigenvalue weighted by molar-refractivity contribution is -0.118. The number of carbonyl (C=O) groups is 1. The van der Waals surface area contributed by atoms with E-state index in [2.05, 4.69) is 10.3 Å². The van der Waals surface area contributed by atoms with Gasteiger partial charge in [-0.3, -0.25) is 10.1 Å². The van der Waals surface area contributed by atoms with Crippen LogP contribution in [0.5, 0.6) is 17.2 Å². The highest BCUT2D eigenvalue weighted by molar-refractivity contribution is 7.22. The number of aromatic nitrogens is 1. The molecule has 3 rings (SSSR count). The lowest BCUT2D eigenvalue weighted by atomic mass is 10.3. The number of benzene rings is 2. The molecule has 2 aromatic carbocycles. The largest absolute Gasteiger partial charge is 0.495 e. The zero-order chi connectivity index (χ0) is 18.5. The highest BCUT2D eigenvalue weighted by atomic mass is 35.5. The Hall–Kier alpha value is -2.51. The van der Waals surface area contributed by atoms with Crippen molar-refractivity contribution in [2.45, 2.75) is 6.92 Å². The lowest BCUT2D eigenvalue weighted by Crippen LogP contribution is -2.20. The second kappa shape index (κ2) is 8.25. The van der Waals surface area contributed by atoms with Gasteiger partial charge in [0, 0.05) is 6.07 Å². The molecule has 0 unspecified atom stereocenters. The van der Waals surface area contributed by atoms with Crippen molar-refractivity contribution >= 4 is 44.2 Å². The van der Waals surface area contributed by atoms with Crippen molar-refractivity contribution in [2.75, 3.05) is 25.6 Å². The van der Waals surface area contributed by atoms with Crippen LogP contribution >= 0.6 is 22.9 Å². The van der Waals surface area contributed by atoms with Gasteiger partial charge in [-0.15, -0.1) is 0 Å². The Balaban J connectivity index is 1.62. The first-order valence-electron chi connectivity index (χ1n) is 7.88. The summed E-state index contributed by atoms with van der Waals surface area (Å²) < 4.78 is 17.0. The van der Waals surface area contributed by atoms with Gasteiger partial charge < -0.3 is 14.2 Å². The maximum atomic E-state index is 12.1. The minimum Gasteiger partial charge on any atom is -0.495 e. The van der Waals surface area contributed by atoms with Crippen molar-refractivity contribution in [3.05, 3.63) is 41.4 Å². The van der Waals surface area contributed by atoms with E-state index in [4.69, 9.17) is 25.8 Å². The number of thiazole rings is 1. The number of methoxy groups -OCH3 is 1. The number of halogens is 1. The summed E-state index contributed by atoms with van der Waals surface area (Å²) in [5, 5.41) is 3.73. The number of fused-ring (bicyclic) bond motifs is 1. The smallest absolute Gasteiger partial charge is 0.264 e. The van der Waals surface area contributed by atoms with Crippen LogP contribution in [0.15, 0.2) is 36.4 Å². The van der Waals surface area contributed by atoms with Gasteiger partial charge >= 0.3 is 0 Å². The third-order valence-corrected chi connectivity index (χ3v) is 4.66. The number of carbonyl (C=O) groups excluding carboxylic acids is 1. The molecular weight excluding hydrogens is 376 g/mol. The first-order valence-corrected chi connectivity index (χ1v) is 9.08. The van der Waals surface area contributed by atoms with Gasteiger partial charge in [0.15, 0.2) is 11.7 Å². The molecule has 0 spiro atoms. The second-order valence-electron chi connectivity index (χ2n) is 5.21. The Morgan fingerprint density at radius 2 is 1.96 bits per heavy atom. The Kier molecular flexibility index (Phi) is 5.80. The van der Waals surface area contributed by atoms with Crippen LogP contribution in [0.4, 0.5) is 5.13 Å². The molecule has 1 amide bonds. The van der Waals surface area contributed by atoms with E-state index in [-0.39, 0.29) is 12.5 Å². The maximum absolute atomic E-state index is 12.1. The Morgan fingerprint density at radius 1 is 1.19 bits per heavy atom. The molecule has 6 nitrogen and oxygen atoms in total. The van der Waals surface area contributed by atoms with Crippen LogP contribution in [0.25, 0.3) is 10.2 Å². The number of amides is 1. The van der Waals surface area contributed by atoms with E-state index in [1.807, 2.05) is 25.1 Å². The van der Waals surface area contributed by atoms with E-state index in [1.165, 1.54) is 18.4 Å². The van der Waals surface area contributed by atoms with Crippen LogP contribution in [0.2, 0.25) is 5.02 Å². The molecule has 26 heavy (non-hydrogen) atoms. The average Bonchev–Trinajstić information content (AvgIpc) is 3.02. The summed E-state index contributed by atoms with van der Waals surface area (Å²) in [7, 11) is 1.52. The van der Waals surface area contributed by atoms with E-state index in [0.717, 1.165) is 16.0 Å². The molecule has 0 saturated carbocycles. The van der Waals surface area contributed by atoms with Crippen LogP contribution in [0, 0.1) is 0 Å². The molecule has 1 heterocycles. The number of hydrogen-bond acceptors (Lipinski definition) is 6. The van der Waals surface area contributed by atoms with E-state index >= 15 is 0 Å². The summed E-state index contributed by atoms with van der Waals surface area (Å²) in [5.74, 6) is 1.46. The lowest BCUT2D eigenvalue weighted by Gasteiger charge is -2.08. The van der Waals surface area contributed by atoms with Gasteiger partial charge in [0.25, 0.3) is 5.91 Å². The van der Waals surface area contributed by atoms with E-state index in [0.29, 0.717) is 28.3 Å². The van der Waals surface area contributed by atoms with Gasteiger partial charge in [-0.2, -0.15) is 0 Å². The quantitative estimate of drug-likeness (QED) is 0.646. The molecule has 0 fully saturated rings. The molecule has 136 valence electrons. The minimum atomic E-state index is -0.303. The summed E-state index contributed by atoms with van der Waals surface area (Å²) in [4.78, 5) is 16.5. The molecule has 1 aromatic heterocycles. The van der Waals surface area contributed by atoms with Crippen LogP contribution < -0.4 is 19.5 Å². The first-order chi connectivity index (χ1) is 12.6. The number of anilines is 1. The molecule has 1 N–H and O–H groups in total. The Labute approximate surface area is 159 Å². The summed E-state index contributed by atoms with van der Waals surface area (Å²) >= 11 is 7.34. The van der Waals surface area contributed by atoms with Crippen LogP contribution in [0.3, 0.4) is 0 Å². The predicted octanol–water partition coefficient (Wildman–Crippen LogP) is 4.37. The number of nitrogens with zero attached hydrogens (tertiary/aromatic N) is 1. The second-order valence-corrected chi connectivity index (χ2v) is 6.65. The third-order valence-electron chi connectivity index (χ3n) is 3.41. The van der Waals surface area contributed by atoms with Gasteiger partial charge in [-0.05, 0) is 37.3 Å². The highest BCUT2D eigenvalue weighted by Gasteiger charge is 2.10. The molecule has 0 saturated heterocycles. The van der Waals surface area contributed by atoms with E-state index in [9.17, 15) is 4.79 Å². The summed E-state index contributed by atoms with van der Waals surface area (Å²) in [5.41, 5.74) is 0.803. The monoisotopic (exact) mass is 392 g/mol. The molecule has 0 bridgehead atoms. The Bertz CT molecular complexity index is 929. The van der Waals surface area contributed by atoms with Crippen LogP contribution in [-0.2, 0) is 4.79 Å². The van der Waals surface area contributed by atoms with Gasteiger partial charge in [0.1, 0.15) is 17.2 Å². The Morgan fingerprint density at radius 3 is 2.73 bits per heavy atom. The molecule has 0 aliphatic carbocycles. The van der Waals surface area contributed by atoms with Crippen molar-refractivity contribution in [3.63, 3.8) is 0 Å². The number of hydrogen-bond donors (Lipinski definition) is 1. The van der Waals surface area contributed by atoms with E-state index < -0.39 is 0 Å². The molecule has 0 radical (unpaired) electrons. The standard InChI is InChI=1S/C18H17ClN2O4S/c1-3-24-12-5-7-14-16(9-12)26-18(20-14)21-17(22)10-25-11-4-6-13(19)15(8-11)23-2/h4-9H,3,10H2,1-2H3,(H,20,21,22). The fraction of sp³-hybridized carbons (Fsp3) is 0.222. The topological polar surface area (TPSA) is 69.7 Å². The van der Waals surface area contributed by atoms with Crippen molar-refractivity contribution in [1.29, 1.82) is 0 Å². The fourth-order valence-corrected chi connectivity index (χ4v) is 3.35. The predicted molar refractivity (Wildman–Crippen MR) is 103 cm³/mol. The number of ether oxygens (including phenoxy) is 3. The van der Waals surface area contributed by atoms with Crippen LogP contribution in [-0.4, -0.2) is 31.2 Å². The van der Waals surface area contributed by atoms with Crippen molar-refractivity contribution in [1.82, 2.24) is 4.98 Å². The van der Waals surface area contributed by atoms with Crippen molar-refractivity contribution in [3.8, 4) is 17.2 Å². The van der Waals surface area contributed by atoms with Gasteiger partial charge in [-0.25, -0.2) is 4.98 Å². The molecule has 0 atom stereocenters. The van der Waals surface area contributed by atoms with E-state index in [1.54, 1.807) is 18.2 Å². The molecule has 3 aromatic rings. The van der Waals surface area contributed by atoms with Crippen molar-refractivity contribution < 1.29 is 19.0 Å². The maximum Gasteiger partial charge on any atom is 0.264 e. The normalized spacial score (nSPS) is 10.6. The summed E-state index contributed by atoms with van der Waals surface area (Å²) in [6, 6.07) is 10.6. The van der Waals surface area contributed by atoms with Gasteiger partial charge in [-0.1, -0.05) is 22.9 Å². The van der Waals surface area contributed by atoms with Crippen molar-refractivity contribution in [2.24, 2.45) is 0 Å². The first kappa shape index (κ1) is 18.3. The van der Waals surface area contributed by atoms with Gasteiger partial charge in [0.05, 0.1) is 29.0 Å². The molecular formula is C18H17ClN2O4S. The molecule has 0 aliphatic heterocycles. The molecule has 0 aliphatic rings. The zero-order valence-corrected chi connectivity index (χ0v) is 15.8. The van der Waals surface area contributed by atoms with Crippen LogP contribution in [0.1, 0.15) is 6.92 Å². The highest BCUT2D eigenvalue weighted by Crippen LogP contribution is 2.30. The third kappa shape index (κ3) is 4.36. The fourth-order valence-electron chi connectivity index (χ4n) is 2.25.